The van der Waals surface area contributed by atoms with E-state index >= 15 is 0 Å². The Morgan fingerprint density at radius 2 is 1.91 bits per heavy atom. The summed E-state index contributed by atoms with van der Waals surface area (Å²) in [5.74, 6) is 0. The number of anilines is 1. The fourth-order valence-corrected chi connectivity index (χ4v) is 3.42. The van der Waals surface area contributed by atoms with E-state index in [1.807, 2.05) is 12.1 Å². The van der Waals surface area contributed by atoms with Gasteiger partial charge in [0.1, 0.15) is 0 Å². The molecular weight excluding hydrogens is 335 g/mol. The van der Waals surface area contributed by atoms with Crippen LogP contribution in [0, 0.1) is 0 Å². The zero-order valence-electron chi connectivity index (χ0n) is 11.9. The second-order valence-corrected chi connectivity index (χ2v) is 6.54. The van der Waals surface area contributed by atoms with E-state index in [4.69, 9.17) is 35.4 Å². The molecule has 0 saturated heterocycles. The summed E-state index contributed by atoms with van der Waals surface area (Å²) in [5, 5.41) is 8.08. The Morgan fingerprint density at radius 3 is 2.77 bits per heavy atom. The lowest BCUT2D eigenvalue weighted by molar-refractivity contribution is 0.529. The number of fused-ring (bicyclic) bond motifs is 1. The van der Waals surface area contributed by atoms with E-state index < -0.39 is 0 Å². The summed E-state index contributed by atoms with van der Waals surface area (Å²) in [7, 11) is 0. The van der Waals surface area contributed by atoms with Crippen molar-refractivity contribution < 1.29 is 0 Å². The number of nitrogens with one attached hydrogen (secondary N) is 2. The van der Waals surface area contributed by atoms with Gasteiger partial charge in [-0.3, -0.25) is 0 Å². The quantitative estimate of drug-likeness (QED) is 0.713. The van der Waals surface area contributed by atoms with E-state index in [1.165, 1.54) is 11.1 Å². The third-order valence-electron chi connectivity index (χ3n) is 3.87. The molecule has 3 rings (SSSR count). The summed E-state index contributed by atoms with van der Waals surface area (Å²) in [6.07, 6.45) is 3.37. The van der Waals surface area contributed by atoms with Crippen molar-refractivity contribution in [3.8, 4) is 0 Å². The second-order valence-electron chi connectivity index (χ2n) is 5.34. The third-order valence-corrected chi connectivity index (χ3v) is 4.91. The molecule has 2 aromatic rings. The average molecular weight is 351 g/mol. The molecule has 0 aliphatic heterocycles. The Labute approximate surface area is 145 Å². The van der Waals surface area contributed by atoms with Gasteiger partial charge in [-0.15, -0.1) is 0 Å². The highest BCUT2D eigenvalue weighted by Gasteiger charge is 2.20. The van der Waals surface area contributed by atoms with Crippen LogP contribution in [0.2, 0.25) is 10.0 Å². The summed E-state index contributed by atoms with van der Waals surface area (Å²) >= 11 is 17.6. The van der Waals surface area contributed by atoms with Gasteiger partial charge in [0.25, 0.3) is 0 Å². The molecular formula is C17H16Cl2N2S. The van der Waals surface area contributed by atoms with Gasteiger partial charge in [-0.05, 0) is 54.7 Å². The molecule has 5 heteroatoms. The number of aryl methyl sites for hydroxylation is 1. The second kappa shape index (κ2) is 6.86. The molecule has 0 fully saturated rings. The molecule has 0 saturated carbocycles. The van der Waals surface area contributed by atoms with Crippen molar-refractivity contribution in [1.82, 2.24) is 5.32 Å². The summed E-state index contributed by atoms with van der Waals surface area (Å²) in [6.45, 7) is 0. The number of hydrogen-bond donors (Lipinski definition) is 2. The number of rotatable bonds is 2. The van der Waals surface area contributed by atoms with Gasteiger partial charge >= 0.3 is 0 Å². The fraction of sp³-hybridized carbons (Fsp3) is 0.235. The van der Waals surface area contributed by atoms with Crippen LogP contribution in [0.4, 0.5) is 5.69 Å². The van der Waals surface area contributed by atoms with Crippen molar-refractivity contribution in [2.75, 3.05) is 5.32 Å². The van der Waals surface area contributed by atoms with Crippen molar-refractivity contribution in [3.63, 3.8) is 0 Å². The maximum Gasteiger partial charge on any atom is 0.171 e. The van der Waals surface area contributed by atoms with Crippen molar-refractivity contribution in [3.05, 3.63) is 63.6 Å². The summed E-state index contributed by atoms with van der Waals surface area (Å²) in [6, 6.07) is 14.2. The van der Waals surface area contributed by atoms with E-state index in [1.54, 1.807) is 6.07 Å². The molecule has 114 valence electrons. The molecule has 0 aromatic heterocycles. The maximum atomic E-state index is 6.18. The van der Waals surface area contributed by atoms with Crippen LogP contribution in [0.3, 0.4) is 0 Å². The standard InChI is InChI=1S/C17H16Cl2N2S/c18-13-8-4-10-15(16(13)19)21-17(22)20-14-9-3-6-11-5-1-2-7-12(11)14/h1-2,4-5,7-8,10,14H,3,6,9H2,(H2,20,21,22). The molecule has 0 radical (unpaired) electrons. The van der Waals surface area contributed by atoms with Gasteiger partial charge in [0, 0.05) is 0 Å². The molecule has 0 spiro atoms. The van der Waals surface area contributed by atoms with Gasteiger partial charge in [0.05, 0.1) is 21.8 Å². The van der Waals surface area contributed by atoms with Gasteiger partial charge in [0.2, 0.25) is 0 Å². The summed E-state index contributed by atoms with van der Waals surface area (Å²) in [4.78, 5) is 0. The number of thiocarbonyl (C=S) groups is 1. The molecule has 2 aromatic carbocycles. The van der Waals surface area contributed by atoms with Gasteiger partial charge < -0.3 is 10.6 Å². The van der Waals surface area contributed by atoms with Crippen LogP contribution < -0.4 is 10.6 Å². The number of benzene rings is 2. The Hall–Kier alpha value is -1.29. The zero-order chi connectivity index (χ0) is 15.5. The Bertz CT molecular complexity index is 703. The van der Waals surface area contributed by atoms with Gasteiger partial charge in [0.15, 0.2) is 5.11 Å². The Morgan fingerprint density at radius 1 is 1.09 bits per heavy atom. The molecule has 0 bridgehead atoms. The minimum atomic E-state index is 0.239. The number of halogens is 2. The first-order chi connectivity index (χ1) is 10.6. The largest absolute Gasteiger partial charge is 0.356 e. The minimum absolute atomic E-state index is 0.239. The van der Waals surface area contributed by atoms with Crippen LogP contribution >= 0.6 is 35.4 Å². The van der Waals surface area contributed by atoms with E-state index in [-0.39, 0.29) is 6.04 Å². The lowest BCUT2D eigenvalue weighted by Crippen LogP contribution is -2.34. The Kier molecular flexibility index (Phi) is 4.87. The highest BCUT2D eigenvalue weighted by molar-refractivity contribution is 7.80. The van der Waals surface area contributed by atoms with Crippen molar-refractivity contribution in [1.29, 1.82) is 0 Å². The fourth-order valence-electron chi connectivity index (χ4n) is 2.82. The van der Waals surface area contributed by atoms with E-state index in [9.17, 15) is 0 Å². The molecule has 1 aliphatic carbocycles. The maximum absolute atomic E-state index is 6.18. The lowest BCUT2D eigenvalue weighted by Gasteiger charge is -2.27. The minimum Gasteiger partial charge on any atom is -0.356 e. The van der Waals surface area contributed by atoms with Crippen LogP contribution in [0.5, 0.6) is 0 Å². The summed E-state index contributed by atoms with van der Waals surface area (Å²) < 4.78 is 0. The van der Waals surface area contributed by atoms with E-state index in [0.29, 0.717) is 15.2 Å². The predicted octanol–water partition coefficient (Wildman–Crippen LogP) is 5.36. The van der Waals surface area contributed by atoms with Crippen molar-refractivity contribution in [2.24, 2.45) is 0 Å². The summed E-state index contributed by atoms with van der Waals surface area (Å²) in [5.41, 5.74) is 3.45. The number of hydrogen-bond acceptors (Lipinski definition) is 1. The highest BCUT2D eigenvalue weighted by Crippen LogP contribution is 2.31. The molecule has 22 heavy (non-hydrogen) atoms. The van der Waals surface area contributed by atoms with Crippen LogP contribution in [0.15, 0.2) is 42.5 Å². The van der Waals surface area contributed by atoms with Gasteiger partial charge in [-0.2, -0.15) is 0 Å². The molecule has 1 atom stereocenters. The predicted molar refractivity (Wildman–Crippen MR) is 97.9 cm³/mol. The Balaban J connectivity index is 1.72. The molecule has 2 nitrogen and oxygen atoms in total. The normalized spacial score (nSPS) is 16.7. The first kappa shape index (κ1) is 15.6. The molecule has 1 aliphatic rings. The van der Waals surface area contributed by atoms with E-state index in [0.717, 1.165) is 24.9 Å². The van der Waals surface area contributed by atoms with Crippen LogP contribution in [-0.2, 0) is 6.42 Å². The monoisotopic (exact) mass is 350 g/mol. The van der Waals surface area contributed by atoms with Crippen LogP contribution in [-0.4, -0.2) is 5.11 Å². The van der Waals surface area contributed by atoms with Crippen LogP contribution in [0.1, 0.15) is 30.0 Å². The van der Waals surface area contributed by atoms with Gasteiger partial charge in [-0.25, -0.2) is 0 Å². The smallest absolute Gasteiger partial charge is 0.171 e. The molecule has 0 amide bonds. The SMILES string of the molecule is S=C(Nc1cccc(Cl)c1Cl)NC1CCCc2ccccc21. The highest BCUT2D eigenvalue weighted by atomic mass is 35.5. The lowest BCUT2D eigenvalue weighted by atomic mass is 9.88. The molecule has 1 unspecified atom stereocenters. The first-order valence-electron chi connectivity index (χ1n) is 7.24. The average Bonchev–Trinajstić information content (AvgIpc) is 2.52. The third kappa shape index (κ3) is 3.37. The first-order valence-corrected chi connectivity index (χ1v) is 8.41. The van der Waals surface area contributed by atoms with Crippen molar-refractivity contribution >= 4 is 46.2 Å². The van der Waals surface area contributed by atoms with Crippen LogP contribution in [0.25, 0.3) is 0 Å². The van der Waals surface area contributed by atoms with Gasteiger partial charge in [-0.1, -0.05) is 53.5 Å². The molecule has 2 N–H and O–H groups in total. The topological polar surface area (TPSA) is 24.1 Å². The molecule has 0 heterocycles. The van der Waals surface area contributed by atoms with E-state index in [2.05, 4.69) is 34.9 Å². The zero-order valence-corrected chi connectivity index (χ0v) is 14.2. The van der Waals surface area contributed by atoms with Crippen molar-refractivity contribution in [2.45, 2.75) is 25.3 Å².